The van der Waals surface area contributed by atoms with Crippen LogP contribution >= 0.6 is 0 Å². The highest BCUT2D eigenvalue weighted by atomic mass is 32.2. The first-order valence-electron chi connectivity index (χ1n) is 6.91. The molecule has 0 aromatic heterocycles. The maximum atomic E-state index is 13.2. The number of benzene rings is 1. The molecular weight excluding hydrogens is 319 g/mol. The van der Waals surface area contributed by atoms with Crippen molar-refractivity contribution in [3.63, 3.8) is 0 Å². The second kappa shape index (κ2) is 6.08. The van der Waals surface area contributed by atoms with Crippen molar-refractivity contribution < 1.29 is 26.3 Å². The number of nitrogens with zero attached hydrogens (tertiary/aromatic N) is 1. The summed E-state index contributed by atoms with van der Waals surface area (Å²) in [7, 11) is -2.98. The SMILES string of the molecule is COc1ccc(C)cc1S(=O)(=O)N1CCCCC1C(F)(F)F. The number of halogens is 3. The van der Waals surface area contributed by atoms with Crippen molar-refractivity contribution >= 4 is 10.0 Å². The lowest BCUT2D eigenvalue weighted by Crippen LogP contribution is -2.51. The lowest BCUT2D eigenvalue weighted by atomic mass is 10.0. The van der Waals surface area contributed by atoms with Gasteiger partial charge in [-0.05, 0) is 37.5 Å². The van der Waals surface area contributed by atoms with Crippen molar-refractivity contribution in [2.75, 3.05) is 13.7 Å². The van der Waals surface area contributed by atoms with Crippen LogP contribution in [0.1, 0.15) is 24.8 Å². The van der Waals surface area contributed by atoms with Gasteiger partial charge < -0.3 is 4.74 Å². The fourth-order valence-corrected chi connectivity index (χ4v) is 4.55. The van der Waals surface area contributed by atoms with E-state index in [0.717, 1.165) is 0 Å². The molecule has 1 unspecified atom stereocenters. The summed E-state index contributed by atoms with van der Waals surface area (Å²) in [5, 5.41) is 0. The fourth-order valence-electron chi connectivity index (χ4n) is 2.63. The molecule has 124 valence electrons. The highest BCUT2D eigenvalue weighted by Gasteiger charge is 2.49. The molecule has 1 aliphatic heterocycles. The smallest absolute Gasteiger partial charge is 0.405 e. The molecule has 22 heavy (non-hydrogen) atoms. The summed E-state index contributed by atoms with van der Waals surface area (Å²) in [5.41, 5.74) is 0.639. The number of sulfonamides is 1. The van der Waals surface area contributed by atoms with E-state index in [1.165, 1.54) is 19.2 Å². The van der Waals surface area contributed by atoms with Crippen molar-refractivity contribution in [3.05, 3.63) is 23.8 Å². The van der Waals surface area contributed by atoms with Gasteiger partial charge in [-0.2, -0.15) is 17.5 Å². The molecule has 0 saturated carbocycles. The van der Waals surface area contributed by atoms with Crippen molar-refractivity contribution in [1.82, 2.24) is 4.31 Å². The van der Waals surface area contributed by atoms with Gasteiger partial charge in [0, 0.05) is 6.54 Å². The van der Waals surface area contributed by atoms with Gasteiger partial charge in [-0.3, -0.25) is 0 Å². The van der Waals surface area contributed by atoms with Crippen molar-refractivity contribution in [3.8, 4) is 5.75 Å². The Morgan fingerprint density at radius 3 is 2.55 bits per heavy atom. The molecule has 1 aliphatic rings. The average Bonchev–Trinajstić information content (AvgIpc) is 2.46. The molecule has 8 heteroatoms. The van der Waals surface area contributed by atoms with Gasteiger partial charge >= 0.3 is 6.18 Å². The predicted octanol–water partition coefficient (Wildman–Crippen LogP) is 3.11. The summed E-state index contributed by atoms with van der Waals surface area (Å²) in [6.45, 7) is 1.54. The molecule has 0 amide bonds. The quantitative estimate of drug-likeness (QED) is 0.851. The average molecular weight is 337 g/mol. The van der Waals surface area contributed by atoms with Crippen LogP contribution in [0.3, 0.4) is 0 Å². The summed E-state index contributed by atoms with van der Waals surface area (Å²) in [6, 6.07) is 2.47. The number of rotatable bonds is 3. The summed E-state index contributed by atoms with van der Waals surface area (Å²) >= 11 is 0. The normalized spacial score (nSPS) is 20.9. The molecule has 0 bridgehead atoms. The van der Waals surface area contributed by atoms with Crippen LogP contribution in [0.15, 0.2) is 23.1 Å². The van der Waals surface area contributed by atoms with E-state index < -0.39 is 22.2 Å². The van der Waals surface area contributed by atoms with Crippen molar-refractivity contribution in [2.24, 2.45) is 0 Å². The third kappa shape index (κ3) is 3.22. The first-order valence-corrected chi connectivity index (χ1v) is 8.35. The Morgan fingerprint density at radius 1 is 1.27 bits per heavy atom. The van der Waals surface area contributed by atoms with E-state index in [1.54, 1.807) is 13.0 Å². The number of methoxy groups -OCH3 is 1. The minimum atomic E-state index is -4.58. The predicted molar refractivity (Wildman–Crippen MR) is 75.3 cm³/mol. The van der Waals surface area contributed by atoms with E-state index >= 15 is 0 Å². The van der Waals surface area contributed by atoms with Gasteiger partial charge in [0.15, 0.2) is 0 Å². The lowest BCUT2D eigenvalue weighted by molar-refractivity contribution is -0.177. The van der Waals surface area contributed by atoms with Gasteiger partial charge in [-0.15, -0.1) is 0 Å². The monoisotopic (exact) mass is 337 g/mol. The van der Waals surface area contributed by atoms with Crippen LogP contribution in [0.2, 0.25) is 0 Å². The van der Waals surface area contributed by atoms with Gasteiger partial charge in [-0.25, -0.2) is 8.42 Å². The van der Waals surface area contributed by atoms with Crippen LogP contribution in [0.4, 0.5) is 13.2 Å². The van der Waals surface area contributed by atoms with Crippen LogP contribution in [0, 0.1) is 6.92 Å². The zero-order valence-corrected chi connectivity index (χ0v) is 13.2. The first kappa shape index (κ1) is 17.1. The Bertz CT molecular complexity index is 643. The first-order chi connectivity index (χ1) is 10.2. The van der Waals surface area contributed by atoms with Crippen LogP contribution in [-0.2, 0) is 10.0 Å². The second-order valence-corrected chi connectivity index (χ2v) is 7.18. The summed E-state index contributed by atoms with van der Waals surface area (Å²) in [6.07, 6.45) is -4.01. The molecule has 0 aliphatic carbocycles. The molecule has 1 heterocycles. The van der Waals surface area contributed by atoms with Gasteiger partial charge in [0.25, 0.3) is 0 Å². The van der Waals surface area contributed by atoms with E-state index in [4.69, 9.17) is 4.74 Å². The van der Waals surface area contributed by atoms with E-state index in [-0.39, 0.29) is 23.6 Å². The molecule has 2 rings (SSSR count). The van der Waals surface area contributed by atoms with E-state index in [2.05, 4.69) is 0 Å². The Morgan fingerprint density at radius 2 is 1.95 bits per heavy atom. The lowest BCUT2D eigenvalue weighted by Gasteiger charge is -2.35. The third-order valence-corrected chi connectivity index (χ3v) is 5.67. The number of ether oxygens (including phenoxy) is 1. The third-order valence-electron chi connectivity index (χ3n) is 3.74. The molecule has 0 spiro atoms. The molecule has 0 N–H and O–H groups in total. The van der Waals surface area contributed by atoms with Gasteiger partial charge in [0.05, 0.1) is 7.11 Å². The molecule has 0 radical (unpaired) electrons. The fraction of sp³-hybridized carbons (Fsp3) is 0.571. The summed E-state index contributed by atoms with van der Waals surface area (Å²) in [4.78, 5) is -0.217. The van der Waals surface area contributed by atoms with Crippen LogP contribution in [-0.4, -0.2) is 38.6 Å². The largest absolute Gasteiger partial charge is 0.495 e. The Hall–Kier alpha value is -1.28. The maximum Gasteiger partial charge on any atom is 0.405 e. The molecule has 4 nitrogen and oxygen atoms in total. The summed E-state index contributed by atoms with van der Waals surface area (Å²) in [5.74, 6) is 0.0529. The van der Waals surface area contributed by atoms with Gasteiger partial charge in [0.2, 0.25) is 10.0 Å². The topological polar surface area (TPSA) is 46.6 Å². The Balaban J connectivity index is 2.51. The van der Waals surface area contributed by atoms with Crippen molar-refractivity contribution in [1.29, 1.82) is 0 Å². The minimum absolute atomic E-state index is 0.0529. The van der Waals surface area contributed by atoms with Crippen LogP contribution < -0.4 is 4.74 Å². The number of hydrogen-bond donors (Lipinski definition) is 0. The maximum absolute atomic E-state index is 13.2. The number of aryl methyl sites for hydroxylation is 1. The number of alkyl halides is 3. The summed E-state index contributed by atoms with van der Waals surface area (Å²) < 4.78 is 70.5. The molecular formula is C14H18F3NO3S. The molecule has 1 fully saturated rings. The number of piperidine rings is 1. The van der Waals surface area contributed by atoms with E-state index in [9.17, 15) is 21.6 Å². The van der Waals surface area contributed by atoms with Gasteiger partial charge in [0.1, 0.15) is 16.7 Å². The highest BCUT2D eigenvalue weighted by Crippen LogP contribution is 2.37. The zero-order valence-electron chi connectivity index (χ0n) is 12.4. The Kier molecular flexibility index (Phi) is 4.72. The second-order valence-electron chi connectivity index (χ2n) is 5.32. The molecule has 1 aromatic rings. The molecule has 1 aromatic carbocycles. The van der Waals surface area contributed by atoms with Crippen molar-refractivity contribution in [2.45, 2.75) is 43.3 Å². The van der Waals surface area contributed by atoms with E-state index in [1.807, 2.05) is 0 Å². The zero-order chi connectivity index (χ0) is 16.5. The highest BCUT2D eigenvalue weighted by molar-refractivity contribution is 7.89. The van der Waals surface area contributed by atoms with E-state index in [0.29, 0.717) is 22.7 Å². The van der Waals surface area contributed by atoms with Crippen LogP contribution in [0.25, 0.3) is 0 Å². The van der Waals surface area contributed by atoms with Crippen LogP contribution in [0.5, 0.6) is 5.75 Å². The molecule has 1 atom stereocenters. The molecule has 1 saturated heterocycles. The minimum Gasteiger partial charge on any atom is -0.495 e. The number of hydrogen-bond acceptors (Lipinski definition) is 3. The van der Waals surface area contributed by atoms with Gasteiger partial charge in [-0.1, -0.05) is 12.5 Å². The standard InChI is InChI=1S/C14H18F3NO3S/c1-10-6-7-11(21-2)12(9-10)22(19,20)18-8-4-3-5-13(18)14(15,16)17/h6-7,9,13H,3-5,8H2,1-2H3. The Labute approximate surface area is 127 Å².